The predicted molar refractivity (Wildman–Crippen MR) is 113 cm³/mol. The summed E-state index contributed by atoms with van der Waals surface area (Å²) >= 11 is 6.29. The Kier molecular flexibility index (Phi) is 4.45. The fraction of sp³-hybridized carbons (Fsp3) is 0.150. The summed E-state index contributed by atoms with van der Waals surface area (Å²) in [5.41, 5.74) is 1.84. The van der Waals surface area contributed by atoms with Crippen LogP contribution in [0.1, 0.15) is 24.1 Å². The number of H-pyrrole nitrogens is 2. The Morgan fingerprint density at radius 2 is 2.19 bits per heavy atom. The number of aromatic amines is 2. The molecule has 0 unspecified atom stereocenters. The van der Waals surface area contributed by atoms with Gasteiger partial charge in [0.2, 0.25) is 5.88 Å². The van der Waals surface area contributed by atoms with Crippen LogP contribution in [-0.4, -0.2) is 35.7 Å². The maximum atomic E-state index is 11.4. The van der Waals surface area contributed by atoms with Crippen LogP contribution in [0.25, 0.3) is 11.7 Å². The van der Waals surface area contributed by atoms with E-state index in [1.165, 1.54) is 0 Å². The SMILES string of the molecule is N#Cc1ccc(Nc2cc(=NC3CC3)n3nc/c(=C\c4[nH]c(=O)[nH]c4O)c3n2)c(Cl)c1. The first-order valence-corrected chi connectivity index (χ1v) is 9.80. The number of hydrogen-bond acceptors (Lipinski definition) is 7. The van der Waals surface area contributed by atoms with Crippen molar-refractivity contribution in [1.82, 2.24) is 24.6 Å². The van der Waals surface area contributed by atoms with Crippen molar-refractivity contribution in [2.75, 3.05) is 5.32 Å². The molecule has 1 aromatic carbocycles. The first kappa shape index (κ1) is 18.9. The van der Waals surface area contributed by atoms with Gasteiger partial charge in [-0.1, -0.05) is 11.6 Å². The molecule has 1 aliphatic rings. The molecule has 0 amide bonds. The van der Waals surface area contributed by atoms with Crippen molar-refractivity contribution in [3.8, 4) is 11.9 Å². The second-order valence-electron chi connectivity index (χ2n) is 7.11. The zero-order valence-corrected chi connectivity index (χ0v) is 16.7. The molecule has 3 aromatic heterocycles. The van der Waals surface area contributed by atoms with Crippen LogP contribution in [0, 0.1) is 11.3 Å². The molecule has 4 N–H and O–H groups in total. The normalized spacial score (nSPS) is 14.8. The number of aromatic hydroxyl groups is 1. The Morgan fingerprint density at radius 3 is 2.87 bits per heavy atom. The van der Waals surface area contributed by atoms with E-state index < -0.39 is 5.69 Å². The number of rotatable bonds is 4. The predicted octanol–water partition coefficient (Wildman–Crippen LogP) is 1.33. The van der Waals surface area contributed by atoms with Crippen molar-refractivity contribution in [3.05, 3.63) is 67.9 Å². The number of imidazole rings is 1. The summed E-state index contributed by atoms with van der Waals surface area (Å²) in [6.07, 6.45) is 5.19. The fourth-order valence-electron chi connectivity index (χ4n) is 3.08. The van der Waals surface area contributed by atoms with Crippen molar-refractivity contribution >= 4 is 34.8 Å². The molecular weight excluding hydrogens is 420 g/mol. The Balaban J connectivity index is 1.66. The first-order chi connectivity index (χ1) is 15.0. The Labute approximate surface area is 179 Å². The van der Waals surface area contributed by atoms with Crippen molar-refractivity contribution in [1.29, 1.82) is 5.26 Å². The molecule has 0 bridgehead atoms. The molecule has 1 fully saturated rings. The molecule has 1 saturated carbocycles. The van der Waals surface area contributed by atoms with Gasteiger partial charge in [0.25, 0.3) is 0 Å². The molecule has 11 heteroatoms. The number of benzene rings is 1. The molecule has 0 atom stereocenters. The average molecular weight is 435 g/mol. The number of nitriles is 1. The number of nitrogens with one attached hydrogen (secondary N) is 3. The lowest BCUT2D eigenvalue weighted by Gasteiger charge is -2.08. The van der Waals surface area contributed by atoms with Crippen LogP contribution in [0.5, 0.6) is 5.88 Å². The van der Waals surface area contributed by atoms with Gasteiger partial charge in [0.05, 0.1) is 34.6 Å². The molecule has 0 radical (unpaired) electrons. The topological polar surface area (TPSA) is 147 Å². The highest BCUT2D eigenvalue weighted by Crippen LogP contribution is 2.26. The van der Waals surface area contributed by atoms with Gasteiger partial charge in [-0.15, -0.1) is 0 Å². The Hall–Kier alpha value is -4.10. The number of hydrogen-bond donors (Lipinski definition) is 4. The lowest BCUT2D eigenvalue weighted by atomic mass is 10.2. The highest BCUT2D eigenvalue weighted by atomic mass is 35.5. The van der Waals surface area contributed by atoms with Crippen LogP contribution in [-0.2, 0) is 0 Å². The van der Waals surface area contributed by atoms with E-state index in [0.717, 1.165) is 12.8 Å². The molecule has 1 aliphatic carbocycles. The third-order valence-corrected chi connectivity index (χ3v) is 5.05. The summed E-state index contributed by atoms with van der Waals surface area (Å²) in [7, 11) is 0. The van der Waals surface area contributed by atoms with Gasteiger partial charge >= 0.3 is 5.69 Å². The highest BCUT2D eigenvalue weighted by molar-refractivity contribution is 6.33. The summed E-state index contributed by atoms with van der Waals surface area (Å²) in [6.45, 7) is 0. The fourth-order valence-corrected chi connectivity index (χ4v) is 3.31. The molecule has 4 aromatic rings. The van der Waals surface area contributed by atoms with E-state index in [4.69, 9.17) is 21.9 Å². The molecule has 3 heterocycles. The van der Waals surface area contributed by atoms with E-state index in [0.29, 0.717) is 38.4 Å². The van der Waals surface area contributed by atoms with Crippen molar-refractivity contribution in [3.63, 3.8) is 0 Å². The number of halogens is 1. The molecule has 10 nitrogen and oxygen atoms in total. The van der Waals surface area contributed by atoms with Crippen LogP contribution in [0.3, 0.4) is 0 Å². The highest BCUT2D eigenvalue weighted by Gasteiger charge is 2.20. The number of nitrogens with zero attached hydrogens (tertiary/aromatic N) is 5. The van der Waals surface area contributed by atoms with E-state index in [-0.39, 0.29) is 17.6 Å². The van der Waals surface area contributed by atoms with Gasteiger partial charge in [-0.3, -0.25) is 9.98 Å². The smallest absolute Gasteiger partial charge is 0.326 e. The zero-order chi connectivity index (χ0) is 21.5. The van der Waals surface area contributed by atoms with Crippen LogP contribution < -0.4 is 21.7 Å². The van der Waals surface area contributed by atoms with Crippen LogP contribution in [0.2, 0.25) is 5.02 Å². The van der Waals surface area contributed by atoms with Crippen LogP contribution in [0.15, 0.2) is 40.2 Å². The van der Waals surface area contributed by atoms with Crippen molar-refractivity contribution < 1.29 is 5.11 Å². The van der Waals surface area contributed by atoms with Gasteiger partial charge in [0.15, 0.2) is 11.1 Å². The van der Waals surface area contributed by atoms with Crippen LogP contribution >= 0.6 is 11.6 Å². The quantitative estimate of drug-likeness (QED) is 0.381. The molecule has 0 spiro atoms. The Morgan fingerprint density at radius 1 is 1.35 bits per heavy atom. The maximum absolute atomic E-state index is 11.4. The lowest BCUT2D eigenvalue weighted by Crippen LogP contribution is -2.19. The van der Waals surface area contributed by atoms with Gasteiger partial charge < -0.3 is 15.4 Å². The standard InChI is InChI=1S/C20H15ClN8O2/c21-13-5-10(8-22)1-4-14(13)25-16-7-17(24-12-2-3-12)29-18(27-16)11(9-23-29)6-15-19(30)28-20(31)26-15/h1,4-7,9,12,25,30H,2-3H2,(H2,26,28,31)/b11-6+,24-17?. The zero-order valence-electron chi connectivity index (χ0n) is 15.9. The number of fused-ring (bicyclic) bond motifs is 1. The van der Waals surface area contributed by atoms with E-state index >= 15 is 0 Å². The van der Waals surface area contributed by atoms with E-state index in [1.807, 2.05) is 6.07 Å². The monoisotopic (exact) mass is 434 g/mol. The minimum atomic E-state index is -0.518. The molecule has 154 valence electrons. The minimum Gasteiger partial charge on any atom is -0.493 e. The summed E-state index contributed by atoms with van der Waals surface area (Å²) in [6, 6.07) is 9.00. The minimum absolute atomic E-state index is 0.218. The average Bonchev–Trinajstić information content (AvgIpc) is 3.38. The maximum Gasteiger partial charge on any atom is 0.326 e. The third-order valence-electron chi connectivity index (χ3n) is 4.74. The molecule has 0 aliphatic heterocycles. The summed E-state index contributed by atoms with van der Waals surface area (Å²) in [5.74, 6) is 0.214. The summed E-state index contributed by atoms with van der Waals surface area (Å²) in [5, 5.41) is 27.4. The van der Waals surface area contributed by atoms with Gasteiger partial charge in [0.1, 0.15) is 11.5 Å². The first-order valence-electron chi connectivity index (χ1n) is 9.42. The van der Waals surface area contributed by atoms with Crippen LogP contribution in [0.4, 0.5) is 11.5 Å². The van der Waals surface area contributed by atoms with E-state index in [1.54, 1.807) is 41.1 Å². The number of anilines is 2. The van der Waals surface area contributed by atoms with Gasteiger partial charge in [-0.05, 0) is 37.1 Å². The third kappa shape index (κ3) is 3.74. The summed E-state index contributed by atoms with van der Waals surface area (Å²) < 4.78 is 1.61. The van der Waals surface area contributed by atoms with Gasteiger partial charge in [-0.2, -0.15) is 14.9 Å². The van der Waals surface area contributed by atoms with E-state index in [2.05, 4.69) is 25.4 Å². The van der Waals surface area contributed by atoms with E-state index in [9.17, 15) is 9.90 Å². The Bertz CT molecular complexity index is 1540. The van der Waals surface area contributed by atoms with Gasteiger partial charge in [-0.25, -0.2) is 9.78 Å². The second-order valence-corrected chi connectivity index (χ2v) is 7.52. The molecule has 31 heavy (non-hydrogen) atoms. The number of aromatic nitrogens is 5. The lowest BCUT2D eigenvalue weighted by molar-refractivity contribution is 0.454. The van der Waals surface area contributed by atoms with Crippen molar-refractivity contribution in [2.24, 2.45) is 4.99 Å². The van der Waals surface area contributed by atoms with Crippen molar-refractivity contribution in [2.45, 2.75) is 18.9 Å². The molecule has 0 saturated heterocycles. The molecule has 5 rings (SSSR count). The van der Waals surface area contributed by atoms with Gasteiger partial charge in [0, 0.05) is 11.3 Å². The molecular formula is C20H15ClN8O2. The summed E-state index contributed by atoms with van der Waals surface area (Å²) in [4.78, 5) is 25.6. The second kappa shape index (κ2) is 7.30. The largest absolute Gasteiger partial charge is 0.493 e.